The highest BCUT2D eigenvalue weighted by atomic mass is 32.2. The fraction of sp³-hybridized carbons (Fsp3) is 0.200. The molecule has 0 saturated heterocycles. The highest BCUT2D eigenvalue weighted by molar-refractivity contribution is 7.99. The molecule has 1 aromatic rings. The van der Waals surface area contributed by atoms with Crippen LogP contribution in [-0.4, -0.2) is 11.8 Å². The molecule has 0 spiro atoms. The smallest absolute Gasteiger partial charge is 0.136 e. The quantitative estimate of drug-likeness (QED) is 0.339. The Balaban J connectivity index is 2.53. The van der Waals surface area contributed by atoms with Crippen LogP contribution in [0, 0.1) is 5.82 Å². The molecule has 0 heterocycles. The summed E-state index contributed by atoms with van der Waals surface area (Å²) in [7, 11) is 0. The zero-order valence-corrected chi connectivity index (χ0v) is 8.56. The minimum Gasteiger partial charge on any atom is -0.271 e. The lowest BCUT2D eigenvalue weighted by atomic mass is 10.3. The van der Waals surface area contributed by atoms with E-state index in [9.17, 15) is 4.39 Å². The molecular weight excluding hydrogens is 199 g/mol. The number of hydrogen-bond acceptors (Lipinski definition) is 3. The molecule has 0 amide bonds. The van der Waals surface area contributed by atoms with E-state index < -0.39 is 0 Å². The molecule has 3 N–H and O–H groups in total. The zero-order chi connectivity index (χ0) is 10.4. The molecule has 1 aromatic carbocycles. The predicted octanol–water partition coefficient (Wildman–Crippen LogP) is 1.94. The first kappa shape index (κ1) is 11.2. The monoisotopic (exact) mass is 212 g/mol. The van der Waals surface area contributed by atoms with Crippen molar-refractivity contribution in [2.75, 3.05) is 5.75 Å². The van der Waals surface area contributed by atoms with Crippen molar-refractivity contribution >= 4 is 11.8 Å². The van der Waals surface area contributed by atoms with E-state index >= 15 is 0 Å². The molecule has 0 aromatic heterocycles. The number of thioether (sulfide) groups is 1. The number of benzene rings is 1. The second-order valence-electron chi connectivity index (χ2n) is 2.75. The lowest BCUT2D eigenvalue weighted by Crippen LogP contribution is -2.35. The van der Waals surface area contributed by atoms with Crippen LogP contribution < -0.4 is 11.3 Å². The number of rotatable bonds is 5. The Labute approximate surface area is 87.4 Å². The molecule has 0 bridgehead atoms. The van der Waals surface area contributed by atoms with Crippen molar-refractivity contribution in [3.8, 4) is 0 Å². The molecule has 0 aliphatic carbocycles. The van der Waals surface area contributed by atoms with Crippen molar-refractivity contribution in [1.82, 2.24) is 5.43 Å². The first-order valence-corrected chi connectivity index (χ1v) is 5.22. The Kier molecular flexibility index (Phi) is 4.65. The molecule has 0 aliphatic heterocycles. The molecule has 0 aliphatic rings. The van der Waals surface area contributed by atoms with E-state index in [1.165, 1.54) is 17.8 Å². The van der Waals surface area contributed by atoms with Gasteiger partial charge in [-0.2, -0.15) is 0 Å². The third-order valence-electron chi connectivity index (χ3n) is 1.75. The van der Waals surface area contributed by atoms with Gasteiger partial charge in [0.1, 0.15) is 5.82 Å². The third-order valence-corrected chi connectivity index (χ3v) is 2.92. The molecule has 76 valence electrons. The third kappa shape index (κ3) is 3.14. The van der Waals surface area contributed by atoms with Gasteiger partial charge in [-0.15, -0.1) is 18.3 Å². The van der Waals surface area contributed by atoms with Crippen molar-refractivity contribution in [2.24, 2.45) is 5.84 Å². The lowest BCUT2D eigenvalue weighted by molar-refractivity contribution is 0.601. The van der Waals surface area contributed by atoms with Crippen molar-refractivity contribution in [1.29, 1.82) is 0 Å². The SMILES string of the molecule is C=CC(CSc1ccccc1F)NN. The van der Waals surface area contributed by atoms with Gasteiger partial charge in [0, 0.05) is 16.7 Å². The van der Waals surface area contributed by atoms with Gasteiger partial charge in [-0.3, -0.25) is 11.3 Å². The second-order valence-corrected chi connectivity index (χ2v) is 3.81. The van der Waals surface area contributed by atoms with E-state index in [4.69, 9.17) is 5.84 Å². The van der Waals surface area contributed by atoms with Gasteiger partial charge in [-0.1, -0.05) is 18.2 Å². The molecule has 1 atom stereocenters. The largest absolute Gasteiger partial charge is 0.271 e. The first-order chi connectivity index (χ1) is 6.77. The normalized spacial score (nSPS) is 12.4. The Morgan fingerprint density at radius 2 is 2.29 bits per heavy atom. The maximum atomic E-state index is 13.1. The van der Waals surface area contributed by atoms with Gasteiger partial charge in [0.25, 0.3) is 0 Å². The Hall–Kier alpha value is -0.840. The van der Waals surface area contributed by atoms with E-state index in [1.54, 1.807) is 18.2 Å². The molecule has 14 heavy (non-hydrogen) atoms. The summed E-state index contributed by atoms with van der Waals surface area (Å²) in [4.78, 5) is 0.634. The topological polar surface area (TPSA) is 38.0 Å². The number of nitrogens with two attached hydrogens (primary N) is 1. The predicted molar refractivity (Wildman–Crippen MR) is 58.4 cm³/mol. The molecule has 4 heteroatoms. The first-order valence-electron chi connectivity index (χ1n) is 4.24. The fourth-order valence-corrected chi connectivity index (χ4v) is 1.90. The summed E-state index contributed by atoms with van der Waals surface area (Å²) in [5.74, 6) is 5.73. The number of halogens is 1. The van der Waals surface area contributed by atoms with Crippen molar-refractivity contribution in [2.45, 2.75) is 10.9 Å². The number of hydrazine groups is 1. The second kappa shape index (κ2) is 5.80. The average Bonchev–Trinajstić information content (AvgIpc) is 2.22. The molecule has 0 saturated carbocycles. The molecule has 1 rings (SSSR count). The average molecular weight is 212 g/mol. The minimum atomic E-state index is -0.197. The highest BCUT2D eigenvalue weighted by Gasteiger charge is 2.05. The molecule has 0 fully saturated rings. The van der Waals surface area contributed by atoms with E-state index in [2.05, 4.69) is 12.0 Å². The van der Waals surface area contributed by atoms with Crippen LogP contribution in [0.1, 0.15) is 0 Å². The molecule has 2 nitrogen and oxygen atoms in total. The molecular formula is C10H13FN2S. The summed E-state index contributed by atoms with van der Waals surface area (Å²) in [6.07, 6.45) is 1.70. The van der Waals surface area contributed by atoms with Crippen molar-refractivity contribution in [3.05, 3.63) is 42.7 Å². The Morgan fingerprint density at radius 1 is 1.57 bits per heavy atom. The maximum absolute atomic E-state index is 13.1. The van der Waals surface area contributed by atoms with Crippen LogP contribution in [0.3, 0.4) is 0 Å². The Morgan fingerprint density at radius 3 is 2.86 bits per heavy atom. The highest BCUT2D eigenvalue weighted by Crippen LogP contribution is 2.21. The van der Waals surface area contributed by atoms with Crippen LogP contribution in [0.25, 0.3) is 0 Å². The van der Waals surface area contributed by atoms with Gasteiger partial charge in [-0.25, -0.2) is 4.39 Å². The van der Waals surface area contributed by atoms with Gasteiger partial charge < -0.3 is 0 Å². The summed E-state index contributed by atoms with van der Waals surface area (Å²) in [5.41, 5.74) is 2.58. The van der Waals surface area contributed by atoms with Gasteiger partial charge in [0.2, 0.25) is 0 Å². The van der Waals surface area contributed by atoms with Crippen molar-refractivity contribution in [3.63, 3.8) is 0 Å². The van der Waals surface area contributed by atoms with Crippen LogP contribution in [0.4, 0.5) is 4.39 Å². The van der Waals surface area contributed by atoms with Gasteiger partial charge in [0.05, 0.1) is 0 Å². The van der Waals surface area contributed by atoms with Crippen LogP contribution in [0.5, 0.6) is 0 Å². The van der Waals surface area contributed by atoms with Gasteiger partial charge >= 0.3 is 0 Å². The van der Waals surface area contributed by atoms with Crippen LogP contribution in [-0.2, 0) is 0 Å². The van der Waals surface area contributed by atoms with Gasteiger partial charge in [-0.05, 0) is 12.1 Å². The van der Waals surface area contributed by atoms with Crippen molar-refractivity contribution < 1.29 is 4.39 Å². The summed E-state index contributed by atoms with van der Waals surface area (Å²) in [6, 6.07) is 6.67. The van der Waals surface area contributed by atoms with E-state index in [0.29, 0.717) is 10.6 Å². The number of nitrogens with one attached hydrogen (secondary N) is 1. The van der Waals surface area contributed by atoms with Crippen LogP contribution in [0.2, 0.25) is 0 Å². The van der Waals surface area contributed by atoms with Crippen LogP contribution >= 0.6 is 11.8 Å². The number of hydrogen-bond donors (Lipinski definition) is 2. The standard InChI is InChI=1S/C10H13FN2S/c1-2-8(13-12)7-14-10-6-4-3-5-9(10)11/h2-6,8,13H,1,7,12H2. The molecule has 0 radical (unpaired) electrons. The van der Waals surface area contributed by atoms with Gasteiger partial charge in [0.15, 0.2) is 0 Å². The summed E-state index contributed by atoms with van der Waals surface area (Å²) >= 11 is 1.42. The summed E-state index contributed by atoms with van der Waals surface area (Å²) < 4.78 is 13.1. The molecule has 1 unspecified atom stereocenters. The Bertz CT molecular complexity index is 304. The minimum absolute atomic E-state index is 0.000365. The summed E-state index contributed by atoms with van der Waals surface area (Å²) in [6.45, 7) is 3.62. The summed E-state index contributed by atoms with van der Waals surface area (Å²) in [5, 5.41) is 0. The maximum Gasteiger partial charge on any atom is 0.136 e. The zero-order valence-electron chi connectivity index (χ0n) is 7.74. The van der Waals surface area contributed by atoms with E-state index in [1.807, 2.05) is 6.07 Å². The van der Waals surface area contributed by atoms with E-state index in [-0.39, 0.29) is 11.9 Å². The van der Waals surface area contributed by atoms with Crippen LogP contribution in [0.15, 0.2) is 41.8 Å². The lowest BCUT2D eigenvalue weighted by Gasteiger charge is -2.10. The van der Waals surface area contributed by atoms with E-state index in [0.717, 1.165) is 0 Å². The fourth-order valence-electron chi connectivity index (χ4n) is 0.926.